The summed E-state index contributed by atoms with van der Waals surface area (Å²) in [7, 11) is -3.74. The number of aryl methyl sites for hydroxylation is 1. The molecule has 8 heteroatoms. The topological polar surface area (TPSA) is 87.7 Å². The highest BCUT2D eigenvalue weighted by atomic mass is 32.2. The second kappa shape index (κ2) is 10.1. The molecule has 1 fully saturated rings. The molecule has 0 atom stereocenters. The summed E-state index contributed by atoms with van der Waals surface area (Å²) in [6.45, 7) is 5.39. The molecule has 7 nitrogen and oxygen atoms in total. The molecule has 0 aliphatic carbocycles. The Labute approximate surface area is 194 Å². The summed E-state index contributed by atoms with van der Waals surface area (Å²) < 4.78 is 33.3. The number of ether oxygens (including phenoxy) is 1. The van der Waals surface area contributed by atoms with Crippen molar-refractivity contribution in [1.82, 2.24) is 5.32 Å². The number of hydrogen-bond acceptors (Lipinski definition) is 5. The van der Waals surface area contributed by atoms with Crippen molar-refractivity contribution in [3.05, 3.63) is 89.5 Å². The van der Waals surface area contributed by atoms with Crippen LogP contribution < -0.4 is 14.9 Å². The van der Waals surface area contributed by atoms with Crippen molar-refractivity contribution in [3.8, 4) is 0 Å². The average molecular weight is 466 g/mol. The molecule has 0 spiro atoms. The molecule has 3 aromatic rings. The van der Waals surface area contributed by atoms with Gasteiger partial charge in [-0.05, 0) is 54.4 Å². The van der Waals surface area contributed by atoms with Crippen molar-refractivity contribution in [1.29, 1.82) is 0 Å². The molecule has 1 aliphatic heterocycles. The van der Waals surface area contributed by atoms with Crippen molar-refractivity contribution in [2.45, 2.75) is 18.4 Å². The Kier molecular flexibility index (Phi) is 6.96. The fourth-order valence-corrected chi connectivity index (χ4v) is 4.75. The highest BCUT2D eigenvalue weighted by molar-refractivity contribution is 7.92. The van der Waals surface area contributed by atoms with Gasteiger partial charge in [-0.2, -0.15) is 0 Å². The standard InChI is InChI=1S/C25H27N3O4S/c1-19-7-10-21(17-24(19)27-33(30,31)23-5-3-2-4-6-23)25(29)26-18-20-8-11-22(12-9-20)28-13-15-32-16-14-28/h2-12,17,27H,13-16,18H2,1H3,(H,26,29). The maximum Gasteiger partial charge on any atom is 0.261 e. The second-order valence-corrected chi connectivity index (χ2v) is 9.58. The van der Waals surface area contributed by atoms with E-state index in [2.05, 4.69) is 27.1 Å². The van der Waals surface area contributed by atoms with Crippen LogP contribution in [0.2, 0.25) is 0 Å². The lowest BCUT2D eigenvalue weighted by atomic mass is 10.1. The molecule has 0 unspecified atom stereocenters. The van der Waals surface area contributed by atoms with Gasteiger partial charge < -0.3 is 15.0 Å². The number of carbonyl (C=O) groups excluding carboxylic acids is 1. The molecule has 172 valence electrons. The first-order valence-electron chi connectivity index (χ1n) is 10.8. The van der Waals surface area contributed by atoms with Crippen LogP contribution in [-0.2, 0) is 21.3 Å². The van der Waals surface area contributed by atoms with E-state index in [1.54, 1.807) is 43.3 Å². The van der Waals surface area contributed by atoms with E-state index in [-0.39, 0.29) is 10.8 Å². The van der Waals surface area contributed by atoms with E-state index in [9.17, 15) is 13.2 Å². The van der Waals surface area contributed by atoms with Crippen LogP contribution in [0.4, 0.5) is 11.4 Å². The van der Waals surface area contributed by atoms with E-state index in [0.29, 0.717) is 17.8 Å². The number of carbonyl (C=O) groups is 1. The van der Waals surface area contributed by atoms with Crippen LogP contribution in [0.5, 0.6) is 0 Å². The second-order valence-electron chi connectivity index (χ2n) is 7.90. The molecule has 0 aromatic heterocycles. The number of sulfonamides is 1. The van der Waals surface area contributed by atoms with Crippen LogP contribution in [0.15, 0.2) is 77.7 Å². The Morgan fingerprint density at radius 2 is 1.67 bits per heavy atom. The first-order valence-corrected chi connectivity index (χ1v) is 12.3. The minimum atomic E-state index is -3.74. The number of anilines is 2. The Morgan fingerprint density at radius 3 is 2.36 bits per heavy atom. The molecule has 3 aromatic carbocycles. The van der Waals surface area contributed by atoms with Gasteiger partial charge in [-0.1, -0.05) is 36.4 Å². The minimum Gasteiger partial charge on any atom is -0.378 e. The lowest BCUT2D eigenvalue weighted by Gasteiger charge is -2.28. The molecule has 1 saturated heterocycles. The summed E-state index contributed by atoms with van der Waals surface area (Å²) >= 11 is 0. The monoisotopic (exact) mass is 465 g/mol. The summed E-state index contributed by atoms with van der Waals surface area (Å²) in [6.07, 6.45) is 0. The fourth-order valence-electron chi connectivity index (χ4n) is 3.61. The van der Waals surface area contributed by atoms with Crippen LogP contribution in [0.3, 0.4) is 0 Å². The summed E-state index contributed by atoms with van der Waals surface area (Å²) in [5, 5.41) is 2.91. The van der Waals surface area contributed by atoms with Crippen LogP contribution in [-0.4, -0.2) is 40.6 Å². The molecule has 4 rings (SSSR count). The average Bonchev–Trinajstić information content (AvgIpc) is 2.85. The number of hydrogen-bond donors (Lipinski definition) is 2. The van der Waals surface area contributed by atoms with Gasteiger partial charge in [0, 0.05) is 30.9 Å². The molecule has 2 N–H and O–H groups in total. The molecule has 0 bridgehead atoms. The SMILES string of the molecule is Cc1ccc(C(=O)NCc2ccc(N3CCOCC3)cc2)cc1NS(=O)(=O)c1ccccc1. The number of amides is 1. The van der Waals surface area contributed by atoms with Gasteiger partial charge in [0.2, 0.25) is 0 Å². The maximum absolute atomic E-state index is 12.7. The van der Waals surface area contributed by atoms with E-state index in [4.69, 9.17) is 4.74 Å². The van der Waals surface area contributed by atoms with Crippen LogP contribution in [0.25, 0.3) is 0 Å². The molecular formula is C25H27N3O4S. The van der Waals surface area contributed by atoms with Gasteiger partial charge in [-0.25, -0.2) is 8.42 Å². The molecule has 1 heterocycles. The van der Waals surface area contributed by atoms with Gasteiger partial charge >= 0.3 is 0 Å². The Bertz CT molecular complexity index is 1210. The molecule has 1 aliphatic rings. The summed E-state index contributed by atoms with van der Waals surface area (Å²) in [6, 6.07) is 21.2. The number of nitrogens with one attached hydrogen (secondary N) is 2. The van der Waals surface area contributed by atoms with Crippen molar-refractivity contribution >= 4 is 27.3 Å². The van der Waals surface area contributed by atoms with Gasteiger partial charge in [-0.3, -0.25) is 9.52 Å². The van der Waals surface area contributed by atoms with E-state index < -0.39 is 10.0 Å². The highest BCUT2D eigenvalue weighted by Crippen LogP contribution is 2.22. The van der Waals surface area contributed by atoms with Crippen molar-refractivity contribution in [2.24, 2.45) is 0 Å². The third-order valence-electron chi connectivity index (χ3n) is 5.56. The quantitative estimate of drug-likeness (QED) is 0.557. The lowest BCUT2D eigenvalue weighted by molar-refractivity contribution is 0.0951. The van der Waals surface area contributed by atoms with E-state index in [1.165, 1.54) is 12.1 Å². The molecular weight excluding hydrogens is 438 g/mol. The van der Waals surface area contributed by atoms with Crippen LogP contribution in [0.1, 0.15) is 21.5 Å². The minimum absolute atomic E-state index is 0.166. The predicted octanol–water partition coefficient (Wildman–Crippen LogP) is 3.56. The molecule has 1 amide bonds. The van der Waals surface area contributed by atoms with Crippen LogP contribution in [0, 0.1) is 6.92 Å². The number of rotatable bonds is 7. The van der Waals surface area contributed by atoms with Gasteiger partial charge in [0.25, 0.3) is 15.9 Å². The molecule has 0 saturated carbocycles. The maximum atomic E-state index is 12.7. The van der Waals surface area contributed by atoms with E-state index in [0.717, 1.165) is 43.1 Å². The third-order valence-corrected chi connectivity index (χ3v) is 6.94. The zero-order valence-corrected chi connectivity index (χ0v) is 19.3. The first-order chi connectivity index (χ1) is 15.9. The predicted molar refractivity (Wildman–Crippen MR) is 129 cm³/mol. The number of nitrogens with zero attached hydrogens (tertiary/aromatic N) is 1. The number of benzene rings is 3. The lowest BCUT2D eigenvalue weighted by Crippen LogP contribution is -2.36. The summed E-state index contributed by atoms with van der Waals surface area (Å²) in [5.41, 5.74) is 3.61. The van der Waals surface area contributed by atoms with Gasteiger partial charge in [0.1, 0.15) is 0 Å². The fraction of sp³-hybridized carbons (Fsp3) is 0.240. The Morgan fingerprint density at radius 1 is 0.970 bits per heavy atom. The van der Waals surface area contributed by atoms with E-state index >= 15 is 0 Å². The molecule has 33 heavy (non-hydrogen) atoms. The largest absolute Gasteiger partial charge is 0.378 e. The summed E-state index contributed by atoms with van der Waals surface area (Å²) in [4.78, 5) is 15.2. The third kappa shape index (κ3) is 5.71. The zero-order valence-electron chi connectivity index (χ0n) is 18.5. The van der Waals surface area contributed by atoms with Crippen molar-refractivity contribution in [3.63, 3.8) is 0 Å². The normalized spacial score (nSPS) is 14.0. The van der Waals surface area contributed by atoms with Gasteiger partial charge in [-0.15, -0.1) is 0 Å². The zero-order chi connectivity index (χ0) is 23.3. The van der Waals surface area contributed by atoms with Crippen molar-refractivity contribution in [2.75, 3.05) is 35.9 Å². The van der Waals surface area contributed by atoms with Gasteiger partial charge in [0.15, 0.2) is 0 Å². The number of morpholine rings is 1. The van der Waals surface area contributed by atoms with Gasteiger partial charge in [0.05, 0.1) is 23.8 Å². The van der Waals surface area contributed by atoms with E-state index in [1.807, 2.05) is 12.1 Å². The Hall–Kier alpha value is -3.36. The highest BCUT2D eigenvalue weighted by Gasteiger charge is 2.16. The summed E-state index contributed by atoms with van der Waals surface area (Å²) in [5.74, 6) is -0.271. The molecule has 0 radical (unpaired) electrons. The van der Waals surface area contributed by atoms with Crippen LogP contribution >= 0.6 is 0 Å². The Balaban J connectivity index is 1.40. The smallest absolute Gasteiger partial charge is 0.261 e. The first kappa shape index (κ1) is 22.8. The van der Waals surface area contributed by atoms with Crippen molar-refractivity contribution < 1.29 is 17.9 Å².